The van der Waals surface area contributed by atoms with Gasteiger partial charge in [0.15, 0.2) is 5.82 Å². The van der Waals surface area contributed by atoms with Crippen LogP contribution < -0.4 is 0 Å². The molecule has 5 heterocycles. The normalized spacial score (nSPS) is 13.3. The van der Waals surface area contributed by atoms with Gasteiger partial charge < -0.3 is 4.57 Å². The molecule has 0 unspecified atom stereocenters. The fraction of sp³-hybridized carbons (Fsp3) is 0.0612. The first-order chi connectivity index (χ1) is 26.4. The number of benzene rings is 6. The molecule has 10 aromatic rings. The Hall–Kier alpha value is -6.14. The van der Waals surface area contributed by atoms with Gasteiger partial charge in [-0.15, -0.1) is 22.7 Å². The number of para-hydroxylation sites is 2. The summed E-state index contributed by atoms with van der Waals surface area (Å²) in [6.45, 7) is 12.9. The summed E-state index contributed by atoms with van der Waals surface area (Å²) in [4.78, 5) is 11.6. The fourth-order valence-electron chi connectivity index (χ4n) is 8.78. The van der Waals surface area contributed by atoms with E-state index >= 15 is 0 Å². The van der Waals surface area contributed by atoms with Crippen molar-refractivity contribution in [3.8, 4) is 39.5 Å². The van der Waals surface area contributed by atoms with Crippen molar-refractivity contribution in [2.24, 2.45) is 0 Å². The molecule has 0 atom stereocenters. The Labute approximate surface area is 320 Å². The molecule has 0 N–H and O–H groups in total. The maximum atomic E-state index is 5.34. The summed E-state index contributed by atoms with van der Waals surface area (Å²) in [5.74, 6) is 0.715. The van der Waals surface area contributed by atoms with Gasteiger partial charge in [0.1, 0.15) is 0 Å². The van der Waals surface area contributed by atoms with E-state index in [4.69, 9.17) is 9.97 Å². The maximum Gasteiger partial charge on any atom is 0.161 e. The van der Waals surface area contributed by atoms with Crippen LogP contribution in [0.15, 0.2) is 141 Å². The van der Waals surface area contributed by atoms with Crippen molar-refractivity contribution in [1.29, 1.82) is 0 Å². The van der Waals surface area contributed by atoms with E-state index in [1.54, 1.807) is 11.3 Å². The van der Waals surface area contributed by atoms with Crippen LogP contribution in [0.1, 0.15) is 35.4 Å². The van der Waals surface area contributed by atoms with Gasteiger partial charge in [-0.1, -0.05) is 130 Å². The SMILES string of the molecule is C=Cc1sc2c(-c3nc(-c4cccc(-c5ccc6c(c5)C(C)(C)c5cccc7c8sc9ccccc9c8n-6c57)c4)c4ccccc4n3)cccc2c1C=C. The van der Waals surface area contributed by atoms with Crippen LogP contribution in [-0.2, 0) is 5.41 Å². The Balaban J connectivity index is 1.09. The highest BCUT2D eigenvalue weighted by atomic mass is 32.1. The number of hydrogen-bond donors (Lipinski definition) is 0. The number of aromatic nitrogens is 3. The minimum Gasteiger partial charge on any atom is -0.307 e. The second kappa shape index (κ2) is 11.4. The molecule has 4 aromatic heterocycles. The van der Waals surface area contributed by atoms with Gasteiger partial charge >= 0.3 is 0 Å². The summed E-state index contributed by atoms with van der Waals surface area (Å²) in [7, 11) is 0. The van der Waals surface area contributed by atoms with Gasteiger partial charge in [0, 0.05) is 52.4 Å². The molecular weight excluding hydrogens is 695 g/mol. The van der Waals surface area contributed by atoms with Crippen molar-refractivity contribution in [3.05, 3.63) is 162 Å². The lowest BCUT2D eigenvalue weighted by Gasteiger charge is -2.35. The molecule has 11 rings (SSSR count). The Morgan fingerprint density at radius 3 is 2.20 bits per heavy atom. The molecule has 256 valence electrons. The zero-order chi connectivity index (χ0) is 36.3. The van der Waals surface area contributed by atoms with E-state index in [1.165, 1.54) is 53.6 Å². The van der Waals surface area contributed by atoms with Gasteiger partial charge in [0.25, 0.3) is 0 Å². The van der Waals surface area contributed by atoms with Crippen LogP contribution in [0, 0.1) is 0 Å². The third-order valence-corrected chi connectivity index (χ3v) is 13.8. The Morgan fingerprint density at radius 1 is 0.593 bits per heavy atom. The van der Waals surface area contributed by atoms with Crippen molar-refractivity contribution < 1.29 is 0 Å². The number of hydrogen-bond acceptors (Lipinski definition) is 4. The Bertz CT molecular complexity index is 3240. The number of nitrogens with zero attached hydrogens (tertiary/aromatic N) is 3. The summed E-state index contributed by atoms with van der Waals surface area (Å²) < 4.78 is 6.37. The summed E-state index contributed by atoms with van der Waals surface area (Å²) in [6, 6.07) is 46.3. The molecule has 0 saturated carbocycles. The third-order valence-electron chi connectivity index (χ3n) is 11.4. The van der Waals surface area contributed by atoms with E-state index in [0.29, 0.717) is 5.82 Å². The predicted octanol–water partition coefficient (Wildman–Crippen LogP) is 14.1. The van der Waals surface area contributed by atoms with E-state index in [0.717, 1.165) is 53.8 Å². The monoisotopic (exact) mass is 727 g/mol. The van der Waals surface area contributed by atoms with Crippen LogP contribution in [0.4, 0.5) is 0 Å². The van der Waals surface area contributed by atoms with Crippen molar-refractivity contribution >= 4 is 87.0 Å². The molecule has 0 fully saturated rings. The summed E-state index contributed by atoms with van der Waals surface area (Å²) >= 11 is 3.62. The quantitative estimate of drug-likeness (QED) is 0.177. The minimum atomic E-state index is -0.188. The molecular formula is C49H33N3S2. The molecule has 54 heavy (non-hydrogen) atoms. The standard InChI is InChI=1S/C49H33N3S2/c1-5-31-32-18-12-20-36(46(32)53-41(31)6-2)48-50-39-22-9-7-16-33(39)43(51-48)30-15-11-14-28(26-30)29-24-25-40-38(27-29)49(3,4)37-21-13-19-35-44(37)52(40)45-34-17-8-10-23-42(34)54-47(35)45/h5-27H,1-2H2,3-4H3. The van der Waals surface area contributed by atoms with Crippen molar-refractivity contribution in [2.75, 3.05) is 0 Å². The summed E-state index contributed by atoms with van der Waals surface area (Å²) in [5, 5.41) is 4.83. The van der Waals surface area contributed by atoms with Crippen LogP contribution >= 0.6 is 22.7 Å². The molecule has 0 bridgehead atoms. The number of thiophene rings is 2. The van der Waals surface area contributed by atoms with Gasteiger partial charge in [-0.05, 0) is 64.2 Å². The van der Waals surface area contributed by atoms with E-state index < -0.39 is 0 Å². The topological polar surface area (TPSA) is 30.7 Å². The molecule has 1 aliphatic rings. The van der Waals surface area contributed by atoms with Crippen LogP contribution in [0.5, 0.6) is 0 Å². The highest BCUT2D eigenvalue weighted by molar-refractivity contribution is 7.26. The molecule has 6 aromatic carbocycles. The second-order valence-electron chi connectivity index (χ2n) is 14.6. The Kier molecular flexibility index (Phi) is 6.64. The number of rotatable bonds is 5. The highest BCUT2D eigenvalue weighted by Crippen LogP contribution is 2.51. The molecule has 1 aliphatic heterocycles. The average molecular weight is 728 g/mol. The van der Waals surface area contributed by atoms with Crippen molar-refractivity contribution in [2.45, 2.75) is 19.3 Å². The molecule has 0 radical (unpaired) electrons. The molecule has 5 heteroatoms. The zero-order valence-corrected chi connectivity index (χ0v) is 31.5. The van der Waals surface area contributed by atoms with E-state index in [9.17, 15) is 0 Å². The Morgan fingerprint density at radius 2 is 1.33 bits per heavy atom. The van der Waals surface area contributed by atoms with Gasteiger partial charge in [0.05, 0.1) is 32.6 Å². The highest BCUT2D eigenvalue weighted by Gasteiger charge is 2.36. The molecule has 0 aliphatic carbocycles. The lowest BCUT2D eigenvalue weighted by Crippen LogP contribution is -2.26. The van der Waals surface area contributed by atoms with Crippen molar-refractivity contribution in [1.82, 2.24) is 14.5 Å². The van der Waals surface area contributed by atoms with E-state index in [2.05, 4.69) is 159 Å². The van der Waals surface area contributed by atoms with Crippen LogP contribution in [-0.4, -0.2) is 14.5 Å². The molecule has 0 amide bonds. The van der Waals surface area contributed by atoms with Crippen LogP contribution in [0.2, 0.25) is 0 Å². The molecule has 0 saturated heterocycles. The largest absolute Gasteiger partial charge is 0.307 e. The first kappa shape index (κ1) is 31.4. The maximum absolute atomic E-state index is 5.34. The first-order valence-electron chi connectivity index (χ1n) is 18.2. The van der Waals surface area contributed by atoms with Gasteiger partial charge in [-0.2, -0.15) is 0 Å². The fourth-order valence-corrected chi connectivity index (χ4v) is 11.2. The van der Waals surface area contributed by atoms with E-state index in [1.807, 2.05) is 23.5 Å². The van der Waals surface area contributed by atoms with Crippen LogP contribution in [0.25, 0.3) is 104 Å². The number of fused-ring (bicyclic) bond motifs is 9. The van der Waals surface area contributed by atoms with Crippen molar-refractivity contribution in [3.63, 3.8) is 0 Å². The predicted molar refractivity (Wildman–Crippen MR) is 233 cm³/mol. The van der Waals surface area contributed by atoms with Gasteiger partial charge in [-0.3, -0.25) is 0 Å². The smallest absolute Gasteiger partial charge is 0.161 e. The van der Waals surface area contributed by atoms with Crippen LogP contribution in [0.3, 0.4) is 0 Å². The zero-order valence-electron chi connectivity index (χ0n) is 29.9. The second-order valence-corrected chi connectivity index (χ2v) is 16.7. The molecule has 3 nitrogen and oxygen atoms in total. The minimum absolute atomic E-state index is 0.188. The first-order valence-corrected chi connectivity index (χ1v) is 19.9. The lowest BCUT2D eigenvalue weighted by molar-refractivity contribution is 0.630. The van der Waals surface area contributed by atoms with Gasteiger partial charge in [-0.25, -0.2) is 9.97 Å². The third kappa shape index (κ3) is 4.28. The summed E-state index contributed by atoms with van der Waals surface area (Å²) in [6.07, 6.45) is 3.83. The lowest BCUT2D eigenvalue weighted by atomic mass is 9.74. The average Bonchev–Trinajstić information content (AvgIpc) is 3.88. The van der Waals surface area contributed by atoms with E-state index in [-0.39, 0.29) is 5.41 Å². The summed E-state index contributed by atoms with van der Waals surface area (Å²) in [5.41, 5.74) is 13.8. The van der Waals surface area contributed by atoms with Gasteiger partial charge in [0.2, 0.25) is 0 Å². The molecule has 0 spiro atoms.